The maximum atomic E-state index is 8.39. The zero-order chi connectivity index (χ0) is 12.5. The van der Waals surface area contributed by atoms with Crippen LogP contribution >= 0.6 is 0 Å². The van der Waals surface area contributed by atoms with Crippen molar-refractivity contribution in [1.29, 1.82) is 0 Å². The molecule has 1 aromatic carbocycles. The highest BCUT2D eigenvalue weighted by atomic mass is 15.1. The van der Waals surface area contributed by atoms with Gasteiger partial charge >= 0.3 is 0 Å². The monoisotopic (exact) mass is 232 g/mol. The Morgan fingerprint density at radius 3 is 2.65 bits per heavy atom. The van der Waals surface area contributed by atoms with E-state index in [9.17, 15) is 0 Å². The summed E-state index contributed by atoms with van der Waals surface area (Å²) in [5.41, 5.74) is 9.64. The lowest BCUT2D eigenvalue weighted by atomic mass is 9.99. The van der Waals surface area contributed by atoms with Gasteiger partial charge < -0.3 is 5.32 Å². The van der Waals surface area contributed by atoms with Gasteiger partial charge in [0.2, 0.25) is 0 Å². The summed E-state index contributed by atoms with van der Waals surface area (Å²) in [6.45, 7) is 5.66. The zero-order valence-electron chi connectivity index (χ0n) is 10.5. The normalized spacial score (nSPS) is 13.8. The van der Waals surface area contributed by atoms with Crippen LogP contribution in [-0.4, -0.2) is 12.6 Å². The summed E-state index contributed by atoms with van der Waals surface area (Å²) in [6, 6.07) is 10.5. The van der Waals surface area contributed by atoms with Gasteiger partial charge in [-0.3, -0.25) is 0 Å². The Bertz CT molecular complexity index is 357. The van der Waals surface area contributed by atoms with Gasteiger partial charge in [-0.25, -0.2) is 0 Å². The van der Waals surface area contributed by atoms with Crippen LogP contribution in [0.3, 0.4) is 0 Å². The van der Waals surface area contributed by atoms with Crippen molar-refractivity contribution in [3.05, 3.63) is 46.3 Å². The fraction of sp³-hybridized carbons (Fsp3) is 0.538. The third kappa shape index (κ3) is 4.89. The van der Waals surface area contributed by atoms with Crippen LogP contribution in [0.25, 0.3) is 10.4 Å². The lowest BCUT2D eigenvalue weighted by molar-refractivity contribution is 0.371. The Labute approximate surface area is 103 Å². The molecule has 0 saturated carbocycles. The summed E-state index contributed by atoms with van der Waals surface area (Å²) in [7, 11) is 0. The van der Waals surface area contributed by atoms with Gasteiger partial charge in [0, 0.05) is 24.0 Å². The Morgan fingerprint density at radius 2 is 2.06 bits per heavy atom. The van der Waals surface area contributed by atoms with E-state index < -0.39 is 0 Å². The average molecular weight is 232 g/mol. The smallest absolute Gasteiger partial charge is 0.0414 e. The molecule has 0 amide bonds. The van der Waals surface area contributed by atoms with Crippen LogP contribution in [0.2, 0.25) is 0 Å². The van der Waals surface area contributed by atoms with Crippen molar-refractivity contribution in [1.82, 2.24) is 5.32 Å². The fourth-order valence-corrected chi connectivity index (χ4v) is 1.70. The minimum absolute atomic E-state index is 0.246. The number of benzene rings is 1. The molecular weight excluding hydrogens is 212 g/mol. The molecule has 92 valence electrons. The third-order valence-corrected chi connectivity index (χ3v) is 3.08. The van der Waals surface area contributed by atoms with E-state index in [1.807, 2.05) is 18.2 Å². The highest BCUT2D eigenvalue weighted by Gasteiger charge is 2.13. The highest BCUT2D eigenvalue weighted by Crippen LogP contribution is 2.09. The van der Waals surface area contributed by atoms with Crippen molar-refractivity contribution < 1.29 is 0 Å². The van der Waals surface area contributed by atoms with Gasteiger partial charge in [-0.05, 0) is 17.0 Å². The van der Waals surface area contributed by atoms with E-state index in [4.69, 9.17) is 5.53 Å². The van der Waals surface area contributed by atoms with Crippen LogP contribution in [0.15, 0.2) is 35.4 Å². The van der Waals surface area contributed by atoms with Gasteiger partial charge in [0.05, 0.1) is 0 Å². The Hall–Kier alpha value is -1.51. The standard InChI is InChI=1S/C13H20N4/c1-3-11(2)13(10-16-17-14)15-9-12-7-5-4-6-8-12/h4-8,11,13,15H,3,9-10H2,1-2H3/t11-,13+/m0/s1. The van der Waals surface area contributed by atoms with Crippen molar-refractivity contribution >= 4 is 0 Å². The largest absolute Gasteiger partial charge is 0.310 e. The fourth-order valence-electron chi connectivity index (χ4n) is 1.70. The second-order valence-electron chi connectivity index (χ2n) is 4.27. The molecule has 0 aromatic heterocycles. The first-order valence-corrected chi connectivity index (χ1v) is 6.06. The summed E-state index contributed by atoms with van der Waals surface area (Å²) in [5, 5.41) is 7.13. The maximum Gasteiger partial charge on any atom is 0.0414 e. The van der Waals surface area contributed by atoms with Crippen LogP contribution in [0, 0.1) is 5.92 Å². The van der Waals surface area contributed by atoms with Gasteiger partial charge in [0.15, 0.2) is 0 Å². The van der Waals surface area contributed by atoms with Gasteiger partial charge in [-0.2, -0.15) is 0 Å². The SMILES string of the molecule is CC[C@H](C)[C@@H](CN=[N+]=[N-])NCc1ccccc1. The molecule has 0 aliphatic heterocycles. The molecule has 4 nitrogen and oxygen atoms in total. The highest BCUT2D eigenvalue weighted by molar-refractivity contribution is 5.14. The minimum atomic E-state index is 0.246. The van der Waals surface area contributed by atoms with Gasteiger partial charge in [0.1, 0.15) is 0 Å². The van der Waals surface area contributed by atoms with E-state index in [0.717, 1.165) is 13.0 Å². The topological polar surface area (TPSA) is 60.8 Å². The molecule has 1 N–H and O–H groups in total. The van der Waals surface area contributed by atoms with Crippen molar-refractivity contribution in [2.45, 2.75) is 32.9 Å². The summed E-state index contributed by atoms with van der Waals surface area (Å²) in [4.78, 5) is 2.83. The van der Waals surface area contributed by atoms with Crippen molar-refractivity contribution in [3.8, 4) is 0 Å². The van der Waals surface area contributed by atoms with E-state index in [1.54, 1.807) is 0 Å². The Balaban J connectivity index is 2.51. The summed E-state index contributed by atoms with van der Waals surface area (Å²) < 4.78 is 0. The zero-order valence-corrected chi connectivity index (χ0v) is 10.5. The predicted molar refractivity (Wildman–Crippen MR) is 70.5 cm³/mol. The van der Waals surface area contributed by atoms with E-state index in [2.05, 4.69) is 41.3 Å². The molecule has 0 saturated heterocycles. The molecule has 1 rings (SSSR count). The van der Waals surface area contributed by atoms with E-state index in [1.165, 1.54) is 5.56 Å². The lowest BCUT2D eigenvalue weighted by Crippen LogP contribution is -2.36. The third-order valence-electron chi connectivity index (χ3n) is 3.08. The van der Waals surface area contributed by atoms with Crippen molar-refractivity contribution in [2.75, 3.05) is 6.54 Å². The molecule has 2 atom stereocenters. The number of nitrogens with one attached hydrogen (secondary N) is 1. The molecule has 0 unspecified atom stereocenters. The van der Waals surface area contributed by atoms with Crippen molar-refractivity contribution in [3.63, 3.8) is 0 Å². The average Bonchev–Trinajstić information content (AvgIpc) is 2.39. The minimum Gasteiger partial charge on any atom is -0.310 e. The Morgan fingerprint density at radius 1 is 1.35 bits per heavy atom. The molecule has 0 heterocycles. The summed E-state index contributed by atoms with van der Waals surface area (Å²) in [5.74, 6) is 0.504. The number of azide groups is 1. The summed E-state index contributed by atoms with van der Waals surface area (Å²) >= 11 is 0. The quantitative estimate of drug-likeness (QED) is 0.436. The first kappa shape index (κ1) is 13.6. The molecule has 0 aliphatic rings. The van der Waals surface area contributed by atoms with E-state index in [-0.39, 0.29) is 6.04 Å². The van der Waals surface area contributed by atoms with Crippen LogP contribution in [0.1, 0.15) is 25.8 Å². The van der Waals surface area contributed by atoms with Crippen LogP contribution in [0.5, 0.6) is 0 Å². The number of hydrogen-bond acceptors (Lipinski definition) is 2. The molecule has 4 heteroatoms. The van der Waals surface area contributed by atoms with Crippen LogP contribution in [-0.2, 0) is 6.54 Å². The summed E-state index contributed by atoms with van der Waals surface area (Å²) in [6.07, 6.45) is 1.08. The van der Waals surface area contributed by atoms with E-state index in [0.29, 0.717) is 12.5 Å². The molecule has 0 fully saturated rings. The van der Waals surface area contributed by atoms with Crippen LogP contribution < -0.4 is 5.32 Å². The Kier molecular flexibility index (Phi) is 6.15. The molecule has 0 aliphatic carbocycles. The lowest BCUT2D eigenvalue weighted by Gasteiger charge is -2.22. The molecular formula is C13H20N4. The number of hydrogen-bond donors (Lipinski definition) is 1. The second kappa shape index (κ2) is 7.71. The second-order valence-corrected chi connectivity index (χ2v) is 4.27. The van der Waals surface area contributed by atoms with Gasteiger partial charge in [-0.15, -0.1) is 0 Å². The number of nitrogens with zero attached hydrogens (tertiary/aromatic N) is 3. The first-order valence-electron chi connectivity index (χ1n) is 6.06. The molecule has 0 bridgehead atoms. The number of rotatable bonds is 7. The molecule has 1 aromatic rings. The molecule has 0 spiro atoms. The van der Waals surface area contributed by atoms with Gasteiger partial charge in [0.25, 0.3) is 0 Å². The van der Waals surface area contributed by atoms with E-state index >= 15 is 0 Å². The molecule has 17 heavy (non-hydrogen) atoms. The van der Waals surface area contributed by atoms with Crippen molar-refractivity contribution in [2.24, 2.45) is 11.0 Å². The molecule has 0 radical (unpaired) electrons. The van der Waals surface area contributed by atoms with Crippen LogP contribution in [0.4, 0.5) is 0 Å². The first-order chi connectivity index (χ1) is 8.27. The maximum absolute atomic E-state index is 8.39. The van der Waals surface area contributed by atoms with Gasteiger partial charge in [-0.1, -0.05) is 55.7 Å². The predicted octanol–water partition coefficient (Wildman–Crippen LogP) is 3.50.